The van der Waals surface area contributed by atoms with Crippen molar-refractivity contribution >= 4 is 42.8 Å². The second kappa shape index (κ2) is 6.15. The Labute approximate surface area is 141 Å². The van der Waals surface area contributed by atoms with Crippen LogP contribution >= 0.6 is 15.9 Å². The molecule has 1 aromatic heterocycles. The summed E-state index contributed by atoms with van der Waals surface area (Å²) >= 11 is 3.21. The number of hydrogen-bond donors (Lipinski definition) is 3. The van der Waals surface area contributed by atoms with Gasteiger partial charge in [-0.1, -0.05) is 22.0 Å². The van der Waals surface area contributed by atoms with Crippen molar-refractivity contribution in [3.63, 3.8) is 0 Å². The van der Waals surface area contributed by atoms with E-state index >= 15 is 0 Å². The largest absolute Gasteiger partial charge is 0.361 e. The summed E-state index contributed by atoms with van der Waals surface area (Å²) in [5, 5.41) is 0.868. The number of carbonyl (C=O) groups excluding carboxylic acids is 1. The lowest BCUT2D eigenvalue weighted by molar-refractivity contribution is 0.0945. The number of nitrogens with one attached hydrogen (secondary N) is 3. The molecule has 0 spiro atoms. The number of rotatable bonds is 4. The number of sulfonamides is 1. The third-order valence-electron chi connectivity index (χ3n) is 3.22. The van der Waals surface area contributed by atoms with E-state index in [9.17, 15) is 13.2 Å². The van der Waals surface area contributed by atoms with Gasteiger partial charge >= 0.3 is 0 Å². The van der Waals surface area contributed by atoms with Crippen LogP contribution in [0.4, 0.5) is 0 Å². The Balaban J connectivity index is 1.75. The maximum absolute atomic E-state index is 12.1. The molecule has 0 bridgehead atoms. The van der Waals surface area contributed by atoms with Gasteiger partial charge in [0.05, 0.1) is 4.90 Å². The minimum atomic E-state index is -3.84. The molecule has 6 nitrogen and oxygen atoms in total. The van der Waals surface area contributed by atoms with Crippen LogP contribution in [0.25, 0.3) is 10.9 Å². The molecule has 118 valence electrons. The Morgan fingerprint density at radius 1 is 1.09 bits per heavy atom. The average Bonchev–Trinajstić information content (AvgIpc) is 3.00. The van der Waals surface area contributed by atoms with Crippen molar-refractivity contribution in [1.29, 1.82) is 0 Å². The quantitative estimate of drug-likeness (QED) is 0.594. The summed E-state index contributed by atoms with van der Waals surface area (Å²) in [6.45, 7) is 0. The van der Waals surface area contributed by atoms with Crippen molar-refractivity contribution < 1.29 is 13.2 Å². The molecule has 0 fully saturated rings. The molecule has 3 N–H and O–H groups in total. The van der Waals surface area contributed by atoms with Gasteiger partial charge in [-0.2, -0.15) is 0 Å². The summed E-state index contributed by atoms with van der Waals surface area (Å²) < 4.78 is 24.9. The van der Waals surface area contributed by atoms with Gasteiger partial charge in [-0.25, -0.2) is 8.42 Å². The zero-order valence-electron chi connectivity index (χ0n) is 11.7. The molecule has 3 aromatic rings. The molecule has 2 aromatic carbocycles. The fourth-order valence-corrected chi connectivity index (χ4v) is 3.51. The van der Waals surface area contributed by atoms with Gasteiger partial charge in [0.15, 0.2) is 0 Å². The van der Waals surface area contributed by atoms with Gasteiger partial charge in [-0.05, 0) is 42.5 Å². The molecule has 0 saturated heterocycles. The topological polar surface area (TPSA) is 91.1 Å². The van der Waals surface area contributed by atoms with Gasteiger partial charge < -0.3 is 4.98 Å². The Hall–Kier alpha value is -2.16. The molecule has 8 heteroatoms. The van der Waals surface area contributed by atoms with Crippen LogP contribution in [-0.2, 0) is 10.0 Å². The van der Waals surface area contributed by atoms with Crippen molar-refractivity contribution in [1.82, 2.24) is 15.2 Å². The van der Waals surface area contributed by atoms with E-state index in [1.54, 1.807) is 36.5 Å². The van der Waals surface area contributed by atoms with Gasteiger partial charge in [-0.15, -0.1) is 4.83 Å². The van der Waals surface area contributed by atoms with Gasteiger partial charge in [0, 0.05) is 27.1 Å². The van der Waals surface area contributed by atoms with E-state index in [1.165, 1.54) is 12.1 Å². The van der Waals surface area contributed by atoms with Crippen molar-refractivity contribution in [2.75, 3.05) is 0 Å². The molecular weight excluding hydrogens is 382 g/mol. The number of carbonyl (C=O) groups is 1. The van der Waals surface area contributed by atoms with Gasteiger partial charge in [0.2, 0.25) is 0 Å². The molecule has 0 atom stereocenters. The van der Waals surface area contributed by atoms with Crippen LogP contribution in [0.2, 0.25) is 0 Å². The van der Waals surface area contributed by atoms with E-state index in [4.69, 9.17) is 0 Å². The number of benzene rings is 2. The third-order valence-corrected chi connectivity index (χ3v) is 4.96. The number of aromatic nitrogens is 1. The first-order valence-electron chi connectivity index (χ1n) is 6.60. The fraction of sp³-hybridized carbons (Fsp3) is 0. The average molecular weight is 394 g/mol. The number of hydrogen-bond acceptors (Lipinski definition) is 3. The standard InChI is InChI=1S/C15H12BrN3O3S/c16-12-2-1-3-13(9-12)23(21,22)19-18-15(20)11-4-5-14-10(8-11)6-7-17-14/h1-9,17,19H,(H,18,20). The monoisotopic (exact) mass is 393 g/mol. The number of halogens is 1. The predicted molar refractivity (Wildman–Crippen MR) is 90.2 cm³/mol. The van der Waals surface area contributed by atoms with Crippen molar-refractivity contribution in [2.24, 2.45) is 0 Å². The second-order valence-electron chi connectivity index (χ2n) is 4.80. The summed E-state index contributed by atoms with van der Waals surface area (Å²) in [4.78, 5) is 17.3. The van der Waals surface area contributed by atoms with Crippen molar-refractivity contribution in [3.8, 4) is 0 Å². The first kappa shape index (κ1) is 15.7. The molecule has 0 unspecified atom stereocenters. The van der Waals surface area contributed by atoms with Crippen LogP contribution < -0.4 is 10.3 Å². The minimum Gasteiger partial charge on any atom is -0.361 e. The maximum atomic E-state index is 12.1. The Morgan fingerprint density at radius 2 is 1.91 bits per heavy atom. The van der Waals surface area contributed by atoms with Crippen molar-refractivity contribution in [2.45, 2.75) is 4.90 Å². The van der Waals surface area contributed by atoms with Crippen LogP contribution in [-0.4, -0.2) is 19.3 Å². The molecule has 0 aliphatic heterocycles. The first-order chi connectivity index (χ1) is 11.0. The van der Waals surface area contributed by atoms with Crippen LogP contribution in [0.15, 0.2) is 64.1 Å². The molecule has 23 heavy (non-hydrogen) atoms. The molecule has 0 aliphatic rings. The Kier molecular flexibility index (Phi) is 4.20. The lowest BCUT2D eigenvalue weighted by Gasteiger charge is -2.09. The highest BCUT2D eigenvalue weighted by atomic mass is 79.9. The van der Waals surface area contributed by atoms with E-state index in [0.717, 1.165) is 10.9 Å². The molecule has 0 aliphatic carbocycles. The highest BCUT2D eigenvalue weighted by Gasteiger charge is 2.16. The zero-order valence-corrected chi connectivity index (χ0v) is 14.1. The summed E-state index contributed by atoms with van der Waals surface area (Å²) in [5.74, 6) is -0.535. The summed E-state index contributed by atoms with van der Waals surface area (Å²) in [6, 6.07) is 13.1. The highest BCUT2D eigenvalue weighted by Crippen LogP contribution is 2.16. The van der Waals surface area contributed by atoms with Crippen LogP contribution in [0.1, 0.15) is 10.4 Å². The lowest BCUT2D eigenvalue weighted by atomic mass is 10.1. The van der Waals surface area contributed by atoms with Crippen molar-refractivity contribution in [3.05, 3.63) is 64.8 Å². The minimum absolute atomic E-state index is 0.0493. The molecule has 1 amide bonds. The molecule has 3 rings (SSSR count). The van der Waals surface area contributed by atoms with Gasteiger partial charge in [0.1, 0.15) is 0 Å². The third kappa shape index (κ3) is 3.44. The molecule has 0 radical (unpaired) electrons. The first-order valence-corrected chi connectivity index (χ1v) is 8.88. The normalized spacial score (nSPS) is 11.5. The van der Waals surface area contributed by atoms with E-state index < -0.39 is 15.9 Å². The summed E-state index contributed by atoms with van der Waals surface area (Å²) in [5.41, 5.74) is 3.47. The summed E-state index contributed by atoms with van der Waals surface area (Å²) in [7, 11) is -3.84. The number of H-pyrrole nitrogens is 1. The lowest BCUT2D eigenvalue weighted by Crippen LogP contribution is -2.41. The number of hydrazine groups is 1. The number of amides is 1. The summed E-state index contributed by atoms with van der Waals surface area (Å²) in [6.07, 6.45) is 1.77. The van der Waals surface area contributed by atoms with Gasteiger partial charge in [0.25, 0.3) is 15.9 Å². The van der Waals surface area contributed by atoms with E-state index in [0.29, 0.717) is 10.0 Å². The Bertz CT molecular complexity index is 982. The fourth-order valence-electron chi connectivity index (χ4n) is 2.07. The van der Waals surface area contributed by atoms with Crippen LogP contribution in [0, 0.1) is 0 Å². The highest BCUT2D eigenvalue weighted by molar-refractivity contribution is 9.10. The maximum Gasteiger partial charge on any atom is 0.266 e. The smallest absolute Gasteiger partial charge is 0.266 e. The molecular formula is C15H12BrN3O3S. The molecule has 1 heterocycles. The second-order valence-corrected chi connectivity index (χ2v) is 7.39. The van der Waals surface area contributed by atoms with Gasteiger partial charge in [-0.3, -0.25) is 10.2 Å². The van der Waals surface area contributed by atoms with E-state index in [2.05, 4.69) is 31.2 Å². The predicted octanol–water partition coefficient (Wildman–Crippen LogP) is 2.55. The van der Waals surface area contributed by atoms with Crippen LogP contribution in [0.5, 0.6) is 0 Å². The number of aromatic amines is 1. The zero-order chi connectivity index (χ0) is 16.4. The van der Waals surface area contributed by atoms with Crippen LogP contribution in [0.3, 0.4) is 0 Å². The van der Waals surface area contributed by atoms with E-state index in [-0.39, 0.29) is 4.90 Å². The SMILES string of the molecule is O=C(NNS(=O)(=O)c1cccc(Br)c1)c1ccc2[nH]ccc2c1. The Morgan fingerprint density at radius 3 is 2.70 bits per heavy atom. The van der Waals surface area contributed by atoms with E-state index in [1.807, 2.05) is 6.07 Å². The molecule has 0 saturated carbocycles. The number of fused-ring (bicyclic) bond motifs is 1.